The molecule has 27 heavy (non-hydrogen) atoms. The summed E-state index contributed by atoms with van der Waals surface area (Å²) in [6, 6.07) is 10.3. The van der Waals surface area contributed by atoms with Crippen LogP contribution in [-0.4, -0.2) is 70.6 Å². The molecular weight excluding hydrogens is 344 g/mol. The Labute approximate surface area is 161 Å². The molecule has 0 aliphatic carbocycles. The van der Waals surface area contributed by atoms with E-state index >= 15 is 0 Å². The number of ether oxygens (including phenoxy) is 1. The van der Waals surface area contributed by atoms with E-state index < -0.39 is 11.7 Å². The summed E-state index contributed by atoms with van der Waals surface area (Å²) < 4.78 is 5.55. The fourth-order valence-electron chi connectivity index (χ4n) is 4.56. The van der Waals surface area contributed by atoms with Gasteiger partial charge in [0.05, 0.1) is 12.7 Å². The predicted octanol–water partition coefficient (Wildman–Crippen LogP) is 1.95. The van der Waals surface area contributed by atoms with Crippen molar-refractivity contribution >= 4 is 6.09 Å². The topological polar surface area (TPSA) is 73.2 Å². The summed E-state index contributed by atoms with van der Waals surface area (Å²) in [6.45, 7) is 8.95. The zero-order chi connectivity index (χ0) is 19.6. The number of aliphatic hydroxyl groups is 2. The smallest absolute Gasteiger partial charge is 0.410 e. The Balaban J connectivity index is 1.71. The number of hydrogen-bond acceptors (Lipinski definition) is 5. The lowest BCUT2D eigenvalue weighted by molar-refractivity contribution is -0.0915. The van der Waals surface area contributed by atoms with Crippen LogP contribution in [0.3, 0.4) is 0 Å². The normalized spacial score (nSPS) is 27.3. The Morgan fingerprint density at radius 1 is 1.15 bits per heavy atom. The molecule has 6 nitrogen and oxygen atoms in total. The highest BCUT2D eigenvalue weighted by Gasteiger charge is 2.46. The van der Waals surface area contributed by atoms with Gasteiger partial charge in [-0.25, -0.2) is 4.79 Å². The first kappa shape index (κ1) is 20.1. The second-order valence-corrected chi connectivity index (χ2v) is 8.91. The van der Waals surface area contributed by atoms with Crippen LogP contribution in [0, 0.1) is 17.8 Å². The Morgan fingerprint density at radius 2 is 1.74 bits per heavy atom. The molecule has 150 valence electrons. The fraction of sp³-hybridized carbons (Fsp3) is 0.667. The minimum Gasteiger partial charge on any atom is -0.444 e. The number of aliphatic hydroxyl groups excluding tert-OH is 2. The van der Waals surface area contributed by atoms with Gasteiger partial charge in [0.2, 0.25) is 0 Å². The SMILES string of the molecule is CC(C)(C)OC(=O)N1CC2CN(Cc3ccccc3)CC(C1)C2C(O)CO. The lowest BCUT2D eigenvalue weighted by atomic mass is 9.71. The number of amides is 1. The number of likely N-dealkylation sites (tertiary alicyclic amines) is 2. The van der Waals surface area contributed by atoms with Gasteiger partial charge in [-0.15, -0.1) is 0 Å². The fourth-order valence-corrected chi connectivity index (χ4v) is 4.56. The van der Waals surface area contributed by atoms with Crippen molar-refractivity contribution in [3.05, 3.63) is 35.9 Å². The predicted molar refractivity (Wildman–Crippen MR) is 103 cm³/mol. The Bertz CT molecular complexity index is 615. The molecule has 2 aliphatic heterocycles. The van der Waals surface area contributed by atoms with Crippen molar-refractivity contribution in [3.63, 3.8) is 0 Å². The molecule has 6 heteroatoms. The standard InChI is InChI=1S/C21H32N2O4/c1-21(2,3)27-20(26)23-12-16-10-22(9-15-7-5-4-6-8-15)11-17(13-23)19(16)18(25)14-24/h4-8,16-19,24-25H,9-14H2,1-3H3. The molecule has 3 unspecified atom stereocenters. The maximum absolute atomic E-state index is 12.5. The molecule has 1 aromatic rings. The van der Waals surface area contributed by atoms with Crippen LogP contribution in [0.2, 0.25) is 0 Å². The average Bonchev–Trinajstić information content (AvgIpc) is 2.59. The third-order valence-corrected chi connectivity index (χ3v) is 5.52. The van der Waals surface area contributed by atoms with Gasteiger partial charge in [0, 0.05) is 32.7 Å². The van der Waals surface area contributed by atoms with E-state index in [4.69, 9.17) is 4.74 Å². The number of rotatable bonds is 4. The second kappa shape index (κ2) is 8.17. The zero-order valence-electron chi connectivity index (χ0n) is 16.5. The van der Waals surface area contributed by atoms with E-state index in [1.807, 2.05) is 39.0 Å². The third-order valence-electron chi connectivity index (χ3n) is 5.52. The number of carbonyl (C=O) groups excluding carboxylic acids is 1. The number of nitrogens with zero attached hydrogens (tertiary/aromatic N) is 2. The summed E-state index contributed by atoms with van der Waals surface area (Å²) in [7, 11) is 0. The molecule has 2 fully saturated rings. The van der Waals surface area contributed by atoms with Crippen molar-refractivity contribution in [3.8, 4) is 0 Å². The van der Waals surface area contributed by atoms with Gasteiger partial charge in [0.1, 0.15) is 5.60 Å². The van der Waals surface area contributed by atoms with Gasteiger partial charge in [0.15, 0.2) is 0 Å². The molecule has 1 aromatic carbocycles. The lowest BCUT2D eigenvalue weighted by Gasteiger charge is -2.52. The highest BCUT2D eigenvalue weighted by Crippen LogP contribution is 2.37. The summed E-state index contributed by atoms with van der Waals surface area (Å²) in [4.78, 5) is 16.7. The third kappa shape index (κ3) is 5.00. The van der Waals surface area contributed by atoms with E-state index in [2.05, 4.69) is 17.0 Å². The molecule has 1 amide bonds. The maximum atomic E-state index is 12.5. The van der Waals surface area contributed by atoms with E-state index in [0.717, 1.165) is 19.6 Å². The van der Waals surface area contributed by atoms with Crippen LogP contribution in [0.15, 0.2) is 30.3 Å². The molecule has 2 saturated heterocycles. The number of fused-ring (bicyclic) bond motifs is 2. The van der Waals surface area contributed by atoms with Gasteiger partial charge < -0.3 is 19.8 Å². The van der Waals surface area contributed by atoms with Gasteiger partial charge in [-0.3, -0.25) is 4.90 Å². The monoisotopic (exact) mass is 376 g/mol. The van der Waals surface area contributed by atoms with E-state index in [-0.39, 0.29) is 30.5 Å². The van der Waals surface area contributed by atoms with Crippen LogP contribution in [0.1, 0.15) is 26.3 Å². The summed E-state index contributed by atoms with van der Waals surface area (Å²) >= 11 is 0. The van der Waals surface area contributed by atoms with Crippen LogP contribution in [-0.2, 0) is 11.3 Å². The van der Waals surface area contributed by atoms with Gasteiger partial charge >= 0.3 is 6.09 Å². The Hall–Kier alpha value is -1.63. The summed E-state index contributed by atoms with van der Waals surface area (Å²) in [5.74, 6) is 0.257. The molecule has 2 bridgehead atoms. The molecule has 3 atom stereocenters. The quantitative estimate of drug-likeness (QED) is 0.840. The largest absolute Gasteiger partial charge is 0.444 e. The maximum Gasteiger partial charge on any atom is 0.410 e. The lowest BCUT2D eigenvalue weighted by Crippen LogP contribution is -2.61. The molecule has 0 aromatic heterocycles. The number of hydrogen-bond donors (Lipinski definition) is 2. The van der Waals surface area contributed by atoms with Crippen molar-refractivity contribution in [2.24, 2.45) is 17.8 Å². The van der Waals surface area contributed by atoms with Crippen molar-refractivity contribution in [1.82, 2.24) is 9.80 Å². The van der Waals surface area contributed by atoms with Crippen LogP contribution in [0.25, 0.3) is 0 Å². The minimum absolute atomic E-state index is 0.0145. The van der Waals surface area contributed by atoms with Crippen LogP contribution in [0.4, 0.5) is 4.79 Å². The first-order valence-electron chi connectivity index (χ1n) is 9.80. The molecule has 3 rings (SSSR count). The van der Waals surface area contributed by atoms with Gasteiger partial charge in [-0.2, -0.15) is 0 Å². The highest BCUT2D eigenvalue weighted by atomic mass is 16.6. The number of carbonyl (C=O) groups is 1. The van der Waals surface area contributed by atoms with Crippen molar-refractivity contribution in [2.75, 3.05) is 32.8 Å². The van der Waals surface area contributed by atoms with E-state index in [1.165, 1.54) is 5.56 Å². The molecular formula is C21H32N2O4. The summed E-state index contributed by atoms with van der Waals surface area (Å²) in [5.41, 5.74) is 0.744. The Kier molecular flexibility index (Phi) is 6.08. The van der Waals surface area contributed by atoms with Gasteiger partial charge in [0.25, 0.3) is 0 Å². The summed E-state index contributed by atoms with van der Waals surface area (Å²) in [5, 5.41) is 19.9. The molecule has 0 spiro atoms. The van der Waals surface area contributed by atoms with Crippen molar-refractivity contribution in [2.45, 2.75) is 39.0 Å². The van der Waals surface area contributed by atoms with Crippen LogP contribution in [0.5, 0.6) is 0 Å². The summed E-state index contributed by atoms with van der Waals surface area (Å²) in [6.07, 6.45) is -1.02. The Morgan fingerprint density at radius 3 is 2.26 bits per heavy atom. The zero-order valence-corrected chi connectivity index (χ0v) is 16.5. The molecule has 2 N–H and O–H groups in total. The second-order valence-electron chi connectivity index (χ2n) is 8.91. The van der Waals surface area contributed by atoms with E-state index in [0.29, 0.717) is 13.1 Å². The van der Waals surface area contributed by atoms with Crippen molar-refractivity contribution in [1.29, 1.82) is 0 Å². The van der Waals surface area contributed by atoms with E-state index in [1.54, 1.807) is 4.90 Å². The van der Waals surface area contributed by atoms with Crippen molar-refractivity contribution < 1.29 is 19.7 Å². The highest BCUT2D eigenvalue weighted by molar-refractivity contribution is 5.68. The van der Waals surface area contributed by atoms with Gasteiger partial charge in [-0.05, 0) is 44.1 Å². The first-order valence-corrected chi connectivity index (χ1v) is 9.80. The van der Waals surface area contributed by atoms with Crippen LogP contribution < -0.4 is 0 Å². The number of benzene rings is 1. The molecule has 0 radical (unpaired) electrons. The molecule has 0 saturated carbocycles. The van der Waals surface area contributed by atoms with E-state index in [9.17, 15) is 15.0 Å². The molecule has 2 heterocycles. The minimum atomic E-state index is -0.736. The molecule has 2 aliphatic rings. The van der Waals surface area contributed by atoms with Crippen LogP contribution >= 0.6 is 0 Å². The number of piperidine rings is 2. The average molecular weight is 376 g/mol. The first-order chi connectivity index (χ1) is 12.8. The van der Waals surface area contributed by atoms with Gasteiger partial charge in [-0.1, -0.05) is 30.3 Å².